The molecule has 0 aromatic heterocycles. The van der Waals surface area contributed by atoms with E-state index in [9.17, 15) is 0 Å². The smallest absolute Gasteiger partial charge is 0.118 e. The number of rotatable bonds is 4. The average Bonchev–Trinajstić information content (AvgIpc) is 2.26. The third-order valence-electron chi connectivity index (χ3n) is 2.11. The van der Waals surface area contributed by atoms with Gasteiger partial charge in [0, 0.05) is 5.33 Å². The van der Waals surface area contributed by atoms with Crippen LogP contribution in [0.25, 0.3) is 6.08 Å². The molecule has 0 aliphatic carbocycles. The highest BCUT2D eigenvalue weighted by molar-refractivity contribution is 9.09. The first kappa shape index (κ1) is 11.3. The largest absolute Gasteiger partial charge is 0.497 e. The zero-order chi connectivity index (χ0) is 10.4. The van der Waals surface area contributed by atoms with Crippen LogP contribution in [0.1, 0.15) is 18.9 Å². The number of halogens is 1. The molecule has 0 atom stereocenters. The highest BCUT2D eigenvalue weighted by atomic mass is 79.9. The summed E-state index contributed by atoms with van der Waals surface area (Å²) >= 11 is 3.47. The Morgan fingerprint density at radius 1 is 1.36 bits per heavy atom. The molecule has 0 radical (unpaired) electrons. The zero-order valence-corrected chi connectivity index (χ0v) is 10.2. The summed E-state index contributed by atoms with van der Waals surface area (Å²) in [7, 11) is 1.68. The highest BCUT2D eigenvalue weighted by Gasteiger charge is 1.94. The molecule has 0 aliphatic heterocycles. The number of hydrogen-bond acceptors (Lipinski definition) is 1. The third-order valence-corrected chi connectivity index (χ3v) is 2.83. The van der Waals surface area contributed by atoms with Crippen LogP contribution in [0.4, 0.5) is 0 Å². The second-order valence-corrected chi connectivity index (χ2v) is 3.62. The maximum Gasteiger partial charge on any atom is 0.118 e. The van der Waals surface area contributed by atoms with E-state index in [4.69, 9.17) is 4.74 Å². The van der Waals surface area contributed by atoms with E-state index in [-0.39, 0.29) is 0 Å². The number of hydrogen-bond donors (Lipinski definition) is 0. The van der Waals surface area contributed by atoms with Gasteiger partial charge in [0.1, 0.15) is 5.75 Å². The Balaban J connectivity index is 2.81. The molecule has 76 valence electrons. The molecule has 14 heavy (non-hydrogen) atoms. The summed E-state index contributed by atoms with van der Waals surface area (Å²) in [5, 5.41) is 0.940. The monoisotopic (exact) mass is 254 g/mol. The van der Waals surface area contributed by atoms with E-state index in [1.165, 1.54) is 11.1 Å². The predicted molar refractivity (Wildman–Crippen MR) is 65.1 cm³/mol. The normalized spacial score (nSPS) is 11.5. The summed E-state index contributed by atoms with van der Waals surface area (Å²) in [4.78, 5) is 0. The van der Waals surface area contributed by atoms with Crippen LogP contribution in [0.15, 0.2) is 29.8 Å². The van der Waals surface area contributed by atoms with Crippen molar-refractivity contribution in [2.75, 3.05) is 12.4 Å². The molecule has 0 saturated carbocycles. The van der Waals surface area contributed by atoms with Gasteiger partial charge in [0.2, 0.25) is 0 Å². The second kappa shape index (κ2) is 5.86. The predicted octanol–water partition coefficient (Wildman–Crippen LogP) is 3.88. The van der Waals surface area contributed by atoms with E-state index in [0.29, 0.717) is 0 Å². The fraction of sp³-hybridized carbons (Fsp3) is 0.333. The summed E-state index contributed by atoms with van der Waals surface area (Å²) in [5.74, 6) is 0.902. The van der Waals surface area contributed by atoms with E-state index < -0.39 is 0 Å². The number of methoxy groups -OCH3 is 1. The third kappa shape index (κ3) is 3.18. The molecule has 1 aromatic rings. The highest BCUT2D eigenvalue weighted by Crippen LogP contribution is 2.15. The standard InChI is InChI=1S/C12H15BrO/c1-3-10(9-13)8-11-4-6-12(14-2)7-5-11/h4-8H,3,9H2,1-2H3. The minimum absolute atomic E-state index is 0.902. The van der Waals surface area contributed by atoms with E-state index in [1.54, 1.807) is 7.11 Å². The lowest BCUT2D eigenvalue weighted by atomic mass is 10.1. The van der Waals surface area contributed by atoms with E-state index >= 15 is 0 Å². The average molecular weight is 255 g/mol. The molecule has 0 aliphatic rings. The van der Waals surface area contributed by atoms with E-state index in [2.05, 4.69) is 41.1 Å². The molecule has 2 heteroatoms. The van der Waals surface area contributed by atoms with Gasteiger partial charge < -0.3 is 4.74 Å². The topological polar surface area (TPSA) is 9.23 Å². The molecule has 0 bridgehead atoms. The van der Waals surface area contributed by atoms with Crippen LogP contribution in [0.5, 0.6) is 5.75 Å². The number of ether oxygens (including phenoxy) is 1. The lowest BCUT2D eigenvalue weighted by Gasteiger charge is -2.01. The molecule has 1 nitrogen and oxygen atoms in total. The Bertz CT molecular complexity index is 295. The number of benzene rings is 1. The zero-order valence-electron chi connectivity index (χ0n) is 8.59. The van der Waals surface area contributed by atoms with Gasteiger partial charge in [0.05, 0.1) is 7.11 Å². The molecule has 0 N–H and O–H groups in total. The van der Waals surface area contributed by atoms with Gasteiger partial charge in [0.15, 0.2) is 0 Å². The minimum atomic E-state index is 0.902. The van der Waals surface area contributed by atoms with Crippen molar-refractivity contribution in [1.29, 1.82) is 0 Å². The van der Waals surface area contributed by atoms with Crippen LogP contribution < -0.4 is 4.74 Å². The number of alkyl halides is 1. The Labute approximate surface area is 93.9 Å². The Morgan fingerprint density at radius 3 is 2.43 bits per heavy atom. The van der Waals surface area contributed by atoms with Crippen molar-refractivity contribution in [3.63, 3.8) is 0 Å². The minimum Gasteiger partial charge on any atom is -0.497 e. The summed E-state index contributed by atoms with van der Waals surface area (Å²) in [6, 6.07) is 8.09. The molecule has 0 heterocycles. The van der Waals surface area contributed by atoms with Crippen molar-refractivity contribution in [2.45, 2.75) is 13.3 Å². The van der Waals surface area contributed by atoms with Crippen LogP contribution in [0.3, 0.4) is 0 Å². The molecular formula is C12H15BrO. The molecule has 0 saturated heterocycles. The Hall–Kier alpha value is -0.760. The van der Waals surface area contributed by atoms with Gasteiger partial charge >= 0.3 is 0 Å². The van der Waals surface area contributed by atoms with Crippen LogP contribution in [0.2, 0.25) is 0 Å². The fourth-order valence-electron chi connectivity index (χ4n) is 1.17. The maximum atomic E-state index is 5.10. The fourth-order valence-corrected chi connectivity index (χ4v) is 1.73. The molecular weight excluding hydrogens is 240 g/mol. The van der Waals surface area contributed by atoms with Gasteiger partial charge in [-0.25, -0.2) is 0 Å². The molecule has 0 unspecified atom stereocenters. The van der Waals surface area contributed by atoms with Gasteiger partial charge in [-0.05, 0) is 24.1 Å². The molecule has 0 spiro atoms. The summed E-state index contributed by atoms with van der Waals surface area (Å²) in [6.07, 6.45) is 3.28. The van der Waals surface area contributed by atoms with E-state index in [1.807, 2.05) is 12.1 Å². The van der Waals surface area contributed by atoms with Gasteiger partial charge in [-0.3, -0.25) is 0 Å². The molecule has 0 fully saturated rings. The molecule has 1 aromatic carbocycles. The van der Waals surface area contributed by atoms with Crippen molar-refractivity contribution >= 4 is 22.0 Å². The van der Waals surface area contributed by atoms with Crippen molar-refractivity contribution in [1.82, 2.24) is 0 Å². The lowest BCUT2D eigenvalue weighted by Crippen LogP contribution is -1.84. The van der Waals surface area contributed by atoms with Crippen molar-refractivity contribution in [3.05, 3.63) is 35.4 Å². The van der Waals surface area contributed by atoms with Crippen LogP contribution in [-0.4, -0.2) is 12.4 Å². The van der Waals surface area contributed by atoms with Gasteiger partial charge in [-0.15, -0.1) is 0 Å². The molecule has 0 amide bonds. The Kier molecular flexibility index (Phi) is 4.74. The van der Waals surface area contributed by atoms with Crippen LogP contribution in [-0.2, 0) is 0 Å². The van der Waals surface area contributed by atoms with Crippen LogP contribution in [0, 0.1) is 0 Å². The maximum absolute atomic E-state index is 5.10. The SMILES string of the molecule is CCC(=Cc1ccc(OC)cc1)CBr. The van der Waals surface area contributed by atoms with Crippen molar-refractivity contribution < 1.29 is 4.74 Å². The van der Waals surface area contributed by atoms with Gasteiger partial charge in [-0.2, -0.15) is 0 Å². The van der Waals surface area contributed by atoms with Crippen molar-refractivity contribution in [2.24, 2.45) is 0 Å². The Morgan fingerprint density at radius 2 is 2.00 bits per heavy atom. The first-order chi connectivity index (χ1) is 6.80. The first-order valence-electron chi connectivity index (χ1n) is 4.69. The number of allylic oxidation sites excluding steroid dienone is 1. The van der Waals surface area contributed by atoms with Crippen LogP contribution >= 0.6 is 15.9 Å². The quantitative estimate of drug-likeness (QED) is 0.742. The summed E-state index contributed by atoms with van der Waals surface area (Å²) in [6.45, 7) is 2.16. The summed E-state index contributed by atoms with van der Waals surface area (Å²) in [5.41, 5.74) is 2.62. The summed E-state index contributed by atoms with van der Waals surface area (Å²) < 4.78 is 5.10. The van der Waals surface area contributed by atoms with Gasteiger partial charge in [0.25, 0.3) is 0 Å². The molecule has 1 rings (SSSR count). The van der Waals surface area contributed by atoms with Gasteiger partial charge in [-0.1, -0.05) is 46.6 Å². The first-order valence-corrected chi connectivity index (χ1v) is 5.81. The second-order valence-electron chi connectivity index (χ2n) is 3.06. The van der Waals surface area contributed by atoms with Crippen molar-refractivity contribution in [3.8, 4) is 5.75 Å². The lowest BCUT2D eigenvalue weighted by molar-refractivity contribution is 0.415. The van der Waals surface area contributed by atoms with E-state index in [0.717, 1.165) is 17.5 Å².